The molecule has 0 aliphatic heterocycles. The Kier molecular flexibility index (Phi) is 6.80. The summed E-state index contributed by atoms with van der Waals surface area (Å²) >= 11 is 0. The molecule has 0 saturated carbocycles. The first-order chi connectivity index (χ1) is 24.0. The highest BCUT2D eigenvalue weighted by molar-refractivity contribution is 6.02. The lowest BCUT2D eigenvalue weighted by molar-refractivity contribution is 0.661. The van der Waals surface area contributed by atoms with Crippen molar-refractivity contribution >= 4 is 10.8 Å². The van der Waals surface area contributed by atoms with E-state index in [1.807, 2.05) is 42.7 Å². The number of hydrogen-bond donors (Lipinski definition) is 0. The van der Waals surface area contributed by atoms with Crippen LogP contribution in [0.5, 0.6) is 0 Å². The summed E-state index contributed by atoms with van der Waals surface area (Å²) in [5.74, 6) is 0.711. The standard InChI is InChI=1S/C46H33N3/c1-46(2)40-23-21-33-8-6-7-11-38(33)44(40)39-22-20-37(28-41(39)46)31-14-18-35(19-15-31)43-29-42(48-45(49-43)36-9-4-3-5-10-36)34-16-12-30(13-17-34)32-24-26-47-27-25-32/h3-29H,1-2H3. The summed E-state index contributed by atoms with van der Waals surface area (Å²) in [6, 6.07) is 54.0. The van der Waals surface area contributed by atoms with Crippen LogP contribution in [0.1, 0.15) is 25.0 Å². The Morgan fingerprint density at radius 3 is 1.69 bits per heavy atom. The minimum absolute atomic E-state index is 0.0770. The Morgan fingerprint density at radius 1 is 0.429 bits per heavy atom. The zero-order valence-electron chi connectivity index (χ0n) is 27.4. The molecule has 9 rings (SSSR count). The van der Waals surface area contributed by atoms with Gasteiger partial charge in [-0.1, -0.05) is 141 Å². The Morgan fingerprint density at radius 2 is 1.00 bits per heavy atom. The summed E-state index contributed by atoms with van der Waals surface area (Å²) in [7, 11) is 0. The zero-order chi connectivity index (χ0) is 33.0. The predicted molar refractivity (Wildman–Crippen MR) is 202 cm³/mol. The first-order valence-electron chi connectivity index (χ1n) is 16.8. The quantitative estimate of drug-likeness (QED) is 0.191. The molecule has 2 heterocycles. The topological polar surface area (TPSA) is 38.7 Å². The van der Waals surface area contributed by atoms with Gasteiger partial charge in [0.05, 0.1) is 11.4 Å². The largest absolute Gasteiger partial charge is 0.265 e. The monoisotopic (exact) mass is 627 g/mol. The van der Waals surface area contributed by atoms with Crippen molar-refractivity contribution < 1.29 is 0 Å². The molecule has 0 fully saturated rings. The van der Waals surface area contributed by atoms with E-state index in [4.69, 9.17) is 9.97 Å². The molecule has 2 aromatic heterocycles. The minimum atomic E-state index is -0.0770. The van der Waals surface area contributed by atoms with E-state index >= 15 is 0 Å². The fourth-order valence-electron chi connectivity index (χ4n) is 7.36. The number of pyridine rings is 1. The Hall–Kier alpha value is -6.19. The second-order valence-electron chi connectivity index (χ2n) is 13.3. The molecule has 0 N–H and O–H groups in total. The highest BCUT2D eigenvalue weighted by atomic mass is 14.9. The molecule has 0 unspecified atom stereocenters. The van der Waals surface area contributed by atoms with Crippen LogP contribution in [0.2, 0.25) is 0 Å². The van der Waals surface area contributed by atoms with Gasteiger partial charge in [-0.25, -0.2) is 9.97 Å². The molecule has 1 aliphatic carbocycles. The van der Waals surface area contributed by atoms with Gasteiger partial charge >= 0.3 is 0 Å². The van der Waals surface area contributed by atoms with E-state index in [1.165, 1.54) is 44.2 Å². The highest BCUT2D eigenvalue weighted by Gasteiger charge is 2.36. The van der Waals surface area contributed by atoms with E-state index in [2.05, 4.69) is 140 Å². The molecule has 0 radical (unpaired) electrons. The Bertz CT molecular complexity index is 2480. The molecule has 6 aromatic carbocycles. The van der Waals surface area contributed by atoms with Gasteiger partial charge in [-0.15, -0.1) is 0 Å². The number of fused-ring (bicyclic) bond motifs is 5. The fourth-order valence-corrected chi connectivity index (χ4v) is 7.36. The van der Waals surface area contributed by atoms with Crippen molar-refractivity contribution in [1.82, 2.24) is 15.0 Å². The van der Waals surface area contributed by atoms with E-state index < -0.39 is 0 Å². The van der Waals surface area contributed by atoms with Crippen molar-refractivity contribution in [1.29, 1.82) is 0 Å². The molecule has 1 aliphatic rings. The van der Waals surface area contributed by atoms with E-state index in [0.717, 1.165) is 39.2 Å². The maximum absolute atomic E-state index is 5.06. The lowest BCUT2D eigenvalue weighted by Crippen LogP contribution is -2.15. The van der Waals surface area contributed by atoms with Crippen LogP contribution in [0.15, 0.2) is 164 Å². The van der Waals surface area contributed by atoms with Gasteiger partial charge in [0.1, 0.15) is 0 Å². The van der Waals surface area contributed by atoms with E-state index in [1.54, 1.807) is 0 Å². The van der Waals surface area contributed by atoms with Crippen LogP contribution < -0.4 is 0 Å². The van der Waals surface area contributed by atoms with Crippen molar-refractivity contribution in [3.63, 3.8) is 0 Å². The molecule has 3 heteroatoms. The average Bonchev–Trinajstić information content (AvgIpc) is 3.41. The third-order valence-corrected chi connectivity index (χ3v) is 10.0. The molecule has 0 saturated heterocycles. The van der Waals surface area contributed by atoms with Crippen LogP contribution >= 0.6 is 0 Å². The molecular weight excluding hydrogens is 595 g/mol. The van der Waals surface area contributed by atoms with Crippen molar-refractivity contribution in [3.8, 4) is 67.3 Å². The summed E-state index contributed by atoms with van der Waals surface area (Å²) in [5.41, 5.74) is 15.0. The molecule has 3 nitrogen and oxygen atoms in total. The average molecular weight is 628 g/mol. The van der Waals surface area contributed by atoms with Crippen molar-refractivity contribution in [2.24, 2.45) is 0 Å². The molecule has 0 spiro atoms. The van der Waals surface area contributed by atoms with Gasteiger partial charge in [0.15, 0.2) is 5.82 Å². The van der Waals surface area contributed by atoms with Crippen molar-refractivity contribution in [3.05, 3.63) is 175 Å². The third kappa shape index (κ3) is 5.03. The lowest BCUT2D eigenvalue weighted by Gasteiger charge is -2.22. The molecular formula is C46H33N3. The summed E-state index contributed by atoms with van der Waals surface area (Å²) in [4.78, 5) is 14.2. The van der Waals surface area contributed by atoms with Crippen LogP contribution in [-0.4, -0.2) is 15.0 Å². The number of hydrogen-bond acceptors (Lipinski definition) is 3. The van der Waals surface area contributed by atoms with Crippen LogP contribution in [0.3, 0.4) is 0 Å². The van der Waals surface area contributed by atoms with Gasteiger partial charge in [-0.05, 0) is 79.5 Å². The van der Waals surface area contributed by atoms with Crippen LogP contribution in [-0.2, 0) is 5.41 Å². The fraction of sp³-hybridized carbons (Fsp3) is 0.0652. The van der Waals surface area contributed by atoms with Crippen molar-refractivity contribution in [2.75, 3.05) is 0 Å². The first kappa shape index (κ1) is 29.0. The maximum Gasteiger partial charge on any atom is 0.160 e. The van der Waals surface area contributed by atoms with Gasteiger partial charge in [0, 0.05) is 34.5 Å². The van der Waals surface area contributed by atoms with E-state index in [-0.39, 0.29) is 5.41 Å². The molecule has 0 atom stereocenters. The Balaban J connectivity index is 1.08. The first-order valence-corrected chi connectivity index (χ1v) is 16.8. The molecule has 0 bridgehead atoms. The predicted octanol–water partition coefficient (Wildman–Crippen LogP) is 11.7. The summed E-state index contributed by atoms with van der Waals surface area (Å²) in [6.07, 6.45) is 3.65. The van der Waals surface area contributed by atoms with Crippen LogP contribution in [0.4, 0.5) is 0 Å². The number of nitrogens with zero attached hydrogens (tertiary/aromatic N) is 3. The van der Waals surface area contributed by atoms with Gasteiger partial charge in [0.25, 0.3) is 0 Å². The second kappa shape index (κ2) is 11.5. The van der Waals surface area contributed by atoms with Gasteiger partial charge in [-0.2, -0.15) is 0 Å². The van der Waals surface area contributed by atoms with Gasteiger partial charge < -0.3 is 0 Å². The normalized spacial score (nSPS) is 12.9. The smallest absolute Gasteiger partial charge is 0.160 e. The maximum atomic E-state index is 5.06. The Labute approximate surface area is 286 Å². The molecule has 8 aromatic rings. The van der Waals surface area contributed by atoms with Gasteiger partial charge in [-0.3, -0.25) is 4.98 Å². The zero-order valence-corrected chi connectivity index (χ0v) is 27.4. The lowest BCUT2D eigenvalue weighted by atomic mass is 9.81. The summed E-state index contributed by atoms with van der Waals surface area (Å²) < 4.78 is 0. The van der Waals surface area contributed by atoms with Crippen LogP contribution in [0, 0.1) is 0 Å². The molecule has 232 valence electrons. The summed E-state index contributed by atoms with van der Waals surface area (Å²) in [6.45, 7) is 4.70. The third-order valence-electron chi connectivity index (χ3n) is 10.0. The summed E-state index contributed by atoms with van der Waals surface area (Å²) in [5, 5.41) is 2.61. The number of benzene rings is 6. The number of aromatic nitrogens is 3. The minimum Gasteiger partial charge on any atom is -0.265 e. The molecule has 0 amide bonds. The number of rotatable bonds is 5. The highest BCUT2D eigenvalue weighted by Crippen LogP contribution is 2.52. The van der Waals surface area contributed by atoms with Crippen LogP contribution in [0.25, 0.3) is 78.1 Å². The SMILES string of the molecule is CC1(C)c2cc(-c3ccc(-c4cc(-c5ccc(-c6ccncc6)cc5)nc(-c5ccccc5)n4)cc3)ccc2-c2c1ccc1ccccc21. The van der Waals surface area contributed by atoms with Gasteiger partial charge in [0.2, 0.25) is 0 Å². The van der Waals surface area contributed by atoms with E-state index in [9.17, 15) is 0 Å². The van der Waals surface area contributed by atoms with Crippen molar-refractivity contribution in [2.45, 2.75) is 19.3 Å². The second-order valence-corrected chi connectivity index (χ2v) is 13.3. The van der Waals surface area contributed by atoms with E-state index in [0.29, 0.717) is 5.82 Å². The molecule has 49 heavy (non-hydrogen) atoms.